The SMILES string of the molecule is Cc1ccc(C(C)Nc2ccc(F)cc2C(=O)O)o1. The van der Waals surface area contributed by atoms with Crippen molar-refractivity contribution in [3.8, 4) is 0 Å². The quantitative estimate of drug-likeness (QED) is 0.884. The first-order valence-corrected chi connectivity index (χ1v) is 5.83. The molecule has 2 aromatic rings. The van der Waals surface area contributed by atoms with Crippen LogP contribution >= 0.6 is 0 Å². The van der Waals surface area contributed by atoms with Crippen LogP contribution in [0.1, 0.15) is 34.8 Å². The number of anilines is 1. The van der Waals surface area contributed by atoms with Crippen LogP contribution in [-0.2, 0) is 0 Å². The molecule has 1 unspecified atom stereocenters. The summed E-state index contributed by atoms with van der Waals surface area (Å²) in [6.07, 6.45) is 0. The summed E-state index contributed by atoms with van der Waals surface area (Å²) in [5.41, 5.74) is 0.255. The second-order valence-corrected chi connectivity index (χ2v) is 4.31. The van der Waals surface area contributed by atoms with Crippen LogP contribution in [0.5, 0.6) is 0 Å². The van der Waals surface area contributed by atoms with Gasteiger partial charge in [-0.2, -0.15) is 0 Å². The molecule has 1 heterocycles. The van der Waals surface area contributed by atoms with E-state index in [1.54, 1.807) is 0 Å². The van der Waals surface area contributed by atoms with Crippen LogP contribution in [0.15, 0.2) is 34.7 Å². The summed E-state index contributed by atoms with van der Waals surface area (Å²) in [7, 11) is 0. The number of halogens is 1. The number of furan rings is 1. The fourth-order valence-corrected chi connectivity index (χ4v) is 1.81. The summed E-state index contributed by atoms with van der Waals surface area (Å²) in [6, 6.07) is 7.05. The predicted octanol–water partition coefficient (Wildman–Crippen LogP) is 3.60. The number of hydrogen-bond donors (Lipinski definition) is 2. The van der Waals surface area contributed by atoms with Crippen molar-refractivity contribution in [3.05, 3.63) is 53.2 Å². The smallest absolute Gasteiger partial charge is 0.337 e. The van der Waals surface area contributed by atoms with Crippen LogP contribution < -0.4 is 5.32 Å². The number of benzene rings is 1. The second kappa shape index (κ2) is 5.14. The van der Waals surface area contributed by atoms with Crippen molar-refractivity contribution in [3.63, 3.8) is 0 Å². The van der Waals surface area contributed by atoms with Crippen LogP contribution in [0, 0.1) is 12.7 Å². The van der Waals surface area contributed by atoms with E-state index < -0.39 is 11.8 Å². The molecule has 0 bridgehead atoms. The zero-order chi connectivity index (χ0) is 14.0. The molecular weight excluding hydrogens is 249 g/mol. The summed E-state index contributed by atoms with van der Waals surface area (Å²) in [5, 5.41) is 12.1. The van der Waals surface area contributed by atoms with Crippen molar-refractivity contribution in [2.45, 2.75) is 19.9 Å². The highest BCUT2D eigenvalue weighted by Gasteiger charge is 2.15. The molecule has 19 heavy (non-hydrogen) atoms. The first kappa shape index (κ1) is 13.1. The Kier molecular flexibility index (Phi) is 3.55. The van der Waals surface area contributed by atoms with Crippen molar-refractivity contribution in [2.24, 2.45) is 0 Å². The predicted molar refractivity (Wildman–Crippen MR) is 68.8 cm³/mol. The lowest BCUT2D eigenvalue weighted by atomic mass is 10.1. The summed E-state index contributed by atoms with van der Waals surface area (Å²) in [5.74, 6) is -0.284. The van der Waals surface area contributed by atoms with Crippen LogP contribution in [0.25, 0.3) is 0 Å². The fourth-order valence-electron chi connectivity index (χ4n) is 1.81. The molecule has 2 N–H and O–H groups in total. The Morgan fingerprint density at radius 3 is 2.68 bits per heavy atom. The molecule has 2 rings (SSSR count). The van der Waals surface area contributed by atoms with Gasteiger partial charge in [0.1, 0.15) is 17.3 Å². The zero-order valence-corrected chi connectivity index (χ0v) is 10.6. The molecule has 1 atom stereocenters. The van der Waals surface area contributed by atoms with Crippen molar-refractivity contribution in [2.75, 3.05) is 5.32 Å². The lowest BCUT2D eigenvalue weighted by Crippen LogP contribution is -2.10. The summed E-state index contributed by atoms with van der Waals surface area (Å²) < 4.78 is 18.5. The van der Waals surface area contributed by atoms with E-state index in [0.29, 0.717) is 11.4 Å². The van der Waals surface area contributed by atoms with E-state index in [2.05, 4.69) is 5.32 Å². The van der Waals surface area contributed by atoms with Gasteiger partial charge in [-0.25, -0.2) is 9.18 Å². The number of carboxylic acid groups (broad SMARTS) is 1. The number of nitrogens with one attached hydrogen (secondary N) is 1. The van der Waals surface area contributed by atoms with Crippen LogP contribution in [0.2, 0.25) is 0 Å². The number of hydrogen-bond acceptors (Lipinski definition) is 3. The van der Waals surface area contributed by atoms with Gasteiger partial charge in [-0.3, -0.25) is 0 Å². The Morgan fingerprint density at radius 2 is 2.11 bits per heavy atom. The third-order valence-electron chi connectivity index (χ3n) is 2.77. The van der Waals surface area contributed by atoms with Gasteiger partial charge in [0.05, 0.1) is 11.6 Å². The van der Waals surface area contributed by atoms with E-state index in [4.69, 9.17) is 9.52 Å². The molecule has 0 saturated heterocycles. The highest BCUT2D eigenvalue weighted by molar-refractivity contribution is 5.94. The maximum Gasteiger partial charge on any atom is 0.337 e. The monoisotopic (exact) mass is 263 g/mol. The molecule has 4 nitrogen and oxygen atoms in total. The average molecular weight is 263 g/mol. The van der Waals surface area contributed by atoms with Crippen molar-refractivity contribution in [1.29, 1.82) is 0 Å². The Labute approximate surface area is 109 Å². The standard InChI is InChI=1S/C14H14FNO3/c1-8-3-6-13(19-8)9(2)16-12-5-4-10(15)7-11(12)14(17)18/h3-7,9,16H,1-2H3,(H,17,18). The van der Waals surface area contributed by atoms with E-state index in [-0.39, 0.29) is 11.6 Å². The largest absolute Gasteiger partial charge is 0.478 e. The molecule has 0 amide bonds. The Balaban J connectivity index is 2.26. The summed E-state index contributed by atoms with van der Waals surface area (Å²) in [4.78, 5) is 11.1. The molecule has 0 spiro atoms. The van der Waals surface area contributed by atoms with E-state index in [1.807, 2.05) is 26.0 Å². The van der Waals surface area contributed by atoms with Gasteiger partial charge in [0.15, 0.2) is 0 Å². The summed E-state index contributed by atoms with van der Waals surface area (Å²) in [6.45, 7) is 3.67. The van der Waals surface area contributed by atoms with Gasteiger partial charge in [-0.15, -0.1) is 0 Å². The van der Waals surface area contributed by atoms with Crippen molar-refractivity contribution >= 4 is 11.7 Å². The fraction of sp³-hybridized carbons (Fsp3) is 0.214. The number of carboxylic acids is 1. The van der Waals surface area contributed by atoms with Crippen molar-refractivity contribution in [1.82, 2.24) is 0 Å². The molecular formula is C14H14FNO3. The summed E-state index contributed by atoms with van der Waals surface area (Å²) >= 11 is 0. The second-order valence-electron chi connectivity index (χ2n) is 4.31. The lowest BCUT2D eigenvalue weighted by molar-refractivity contribution is 0.0697. The molecule has 5 heteroatoms. The third-order valence-corrected chi connectivity index (χ3v) is 2.77. The molecule has 0 aliphatic heterocycles. The van der Waals surface area contributed by atoms with E-state index in [0.717, 1.165) is 11.8 Å². The number of carbonyl (C=O) groups is 1. The van der Waals surface area contributed by atoms with E-state index in [9.17, 15) is 9.18 Å². The minimum atomic E-state index is -1.18. The van der Waals surface area contributed by atoms with Gasteiger partial charge in [-0.1, -0.05) is 0 Å². The number of aromatic carboxylic acids is 1. The first-order chi connectivity index (χ1) is 8.97. The maximum atomic E-state index is 13.1. The molecule has 100 valence electrons. The first-order valence-electron chi connectivity index (χ1n) is 5.83. The third kappa shape index (κ3) is 2.93. The van der Waals surface area contributed by atoms with Gasteiger partial charge < -0.3 is 14.8 Å². The number of rotatable bonds is 4. The molecule has 0 saturated carbocycles. The molecule has 1 aromatic carbocycles. The number of aryl methyl sites for hydroxylation is 1. The zero-order valence-electron chi connectivity index (χ0n) is 10.6. The highest BCUT2D eigenvalue weighted by Crippen LogP contribution is 2.24. The van der Waals surface area contributed by atoms with Crippen LogP contribution in [-0.4, -0.2) is 11.1 Å². The molecule has 0 aliphatic carbocycles. The van der Waals surface area contributed by atoms with Gasteiger partial charge in [0, 0.05) is 5.69 Å². The topological polar surface area (TPSA) is 62.5 Å². The van der Waals surface area contributed by atoms with Crippen molar-refractivity contribution < 1.29 is 18.7 Å². The van der Waals surface area contributed by atoms with E-state index in [1.165, 1.54) is 12.1 Å². The molecule has 1 aromatic heterocycles. The minimum Gasteiger partial charge on any atom is -0.478 e. The average Bonchev–Trinajstić information content (AvgIpc) is 2.78. The van der Waals surface area contributed by atoms with Gasteiger partial charge in [-0.05, 0) is 44.2 Å². The highest BCUT2D eigenvalue weighted by atomic mass is 19.1. The van der Waals surface area contributed by atoms with Crippen LogP contribution in [0.3, 0.4) is 0 Å². The lowest BCUT2D eigenvalue weighted by Gasteiger charge is -2.15. The Hall–Kier alpha value is -2.30. The Bertz CT molecular complexity index is 606. The molecule has 0 aliphatic rings. The van der Waals surface area contributed by atoms with Gasteiger partial charge in [0.25, 0.3) is 0 Å². The normalized spacial score (nSPS) is 12.2. The Morgan fingerprint density at radius 1 is 1.37 bits per heavy atom. The maximum absolute atomic E-state index is 13.1. The molecule has 0 radical (unpaired) electrons. The van der Waals surface area contributed by atoms with Gasteiger partial charge >= 0.3 is 5.97 Å². The molecule has 0 fully saturated rings. The van der Waals surface area contributed by atoms with E-state index >= 15 is 0 Å². The minimum absolute atomic E-state index is 0.102. The van der Waals surface area contributed by atoms with Gasteiger partial charge in [0.2, 0.25) is 0 Å². The van der Waals surface area contributed by atoms with Crippen LogP contribution in [0.4, 0.5) is 10.1 Å².